The Bertz CT molecular complexity index is 717. The van der Waals surface area contributed by atoms with Crippen molar-refractivity contribution in [2.75, 3.05) is 6.54 Å². The summed E-state index contributed by atoms with van der Waals surface area (Å²) >= 11 is 3.48. The van der Waals surface area contributed by atoms with E-state index in [4.69, 9.17) is 4.42 Å². The molecule has 1 aromatic heterocycles. The highest BCUT2D eigenvalue weighted by atomic mass is 79.9. The van der Waals surface area contributed by atoms with Gasteiger partial charge in [0.2, 0.25) is 0 Å². The van der Waals surface area contributed by atoms with Gasteiger partial charge in [0.1, 0.15) is 5.58 Å². The third kappa shape index (κ3) is 3.20. The van der Waals surface area contributed by atoms with Crippen LogP contribution in [0.2, 0.25) is 0 Å². The quantitative estimate of drug-likeness (QED) is 0.698. The minimum absolute atomic E-state index is 0.264. The van der Waals surface area contributed by atoms with E-state index in [1.54, 1.807) is 0 Å². The van der Waals surface area contributed by atoms with Gasteiger partial charge >= 0.3 is 0 Å². The Morgan fingerprint density at radius 2 is 1.86 bits per heavy atom. The van der Waals surface area contributed by atoms with E-state index >= 15 is 0 Å². The van der Waals surface area contributed by atoms with Crippen molar-refractivity contribution in [1.82, 2.24) is 5.32 Å². The summed E-state index contributed by atoms with van der Waals surface area (Å²) in [5.74, 6) is 0. The number of rotatable bonds is 5. The number of hydrogen-bond donors (Lipinski definition) is 1. The predicted octanol–water partition coefficient (Wildman–Crippen LogP) is 5.09. The van der Waals surface area contributed by atoms with Crippen LogP contribution in [-0.2, 0) is 6.42 Å². The highest BCUT2D eigenvalue weighted by Crippen LogP contribution is 2.28. The summed E-state index contributed by atoms with van der Waals surface area (Å²) in [5.41, 5.74) is 3.50. The lowest BCUT2D eigenvalue weighted by Crippen LogP contribution is -2.22. The number of fused-ring (bicyclic) bond motifs is 1. The van der Waals surface area contributed by atoms with Crippen LogP contribution in [0.3, 0.4) is 0 Å². The van der Waals surface area contributed by atoms with E-state index in [2.05, 4.69) is 64.6 Å². The average Bonchev–Trinajstić information content (AvgIpc) is 2.93. The molecular weight excluding hydrogens is 326 g/mol. The molecule has 21 heavy (non-hydrogen) atoms. The van der Waals surface area contributed by atoms with Crippen LogP contribution in [0.25, 0.3) is 11.0 Å². The second kappa shape index (κ2) is 6.46. The average molecular weight is 344 g/mol. The molecule has 2 nitrogen and oxygen atoms in total. The third-order valence-corrected chi connectivity index (χ3v) is 4.22. The minimum Gasteiger partial charge on any atom is -0.464 e. The molecule has 1 unspecified atom stereocenters. The molecule has 0 aliphatic rings. The van der Waals surface area contributed by atoms with Gasteiger partial charge in [-0.25, -0.2) is 0 Å². The fourth-order valence-electron chi connectivity index (χ4n) is 2.66. The summed E-state index contributed by atoms with van der Waals surface area (Å²) in [5, 5.41) is 4.76. The van der Waals surface area contributed by atoms with E-state index in [1.165, 1.54) is 16.5 Å². The second-order valence-corrected chi connectivity index (χ2v) is 6.04. The van der Waals surface area contributed by atoms with Crippen LogP contribution < -0.4 is 5.32 Å². The summed E-state index contributed by atoms with van der Waals surface area (Å²) < 4.78 is 6.80. The van der Waals surface area contributed by atoms with Crippen molar-refractivity contribution in [2.24, 2.45) is 0 Å². The molecule has 0 amide bonds. The second-order valence-electron chi connectivity index (χ2n) is 5.13. The van der Waals surface area contributed by atoms with Gasteiger partial charge in [0.25, 0.3) is 0 Å². The van der Waals surface area contributed by atoms with E-state index in [-0.39, 0.29) is 6.04 Å². The Balaban J connectivity index is 1.92. The molecule has 0 fully saturated rings. The van der Waals surface area contributed by atoms with Crippen LogP contribution in [0.15, 0.2) is 63.7 Å². The molecule has 3 heteroatoms. The van der Waals surface area contributed by atoms with Gasteiger partial charge in [0, 0.05) is 21.5 Å². The maximum Gasteiger partial charge on any atom is 0.134 e. The van der Waals surface area contributed by atoms with E-state index in [9.17, 15) is 0 Å². The lowest BCUT2D eigenvalue weighted by molar-refractivity contribution is 0.535. The number of para-hydroxylation sites is 1. The highest BCUT2D eigenvalue weighted by Gasteiger charge is 2.16. The van der Waals surface area contributed by atoms with Gasteiger partial charge in [-0.15, -0.1) is 0 Å². The van der Waals surface area contributed by atoms with Crippen molar-refractivity contribution in [3.05, 3.63) is 70.4 Å². The van der Waals surface area contributed by atoms with Gasteiger partial charge in [-0.2, -0.15) is 0 Å². The fraction of sp³-hybridized carbons (Fsp3) is 0.222. The van der Waals surface area contributed by atoms with Crippen LogP contribution in [0.1, 0.15) is 24.1 Å². The first-order chi connectivity index (χ1) is 10.3. The molecular formula is C18H18BrNO. The van der Waals surface area contributed by atoms with Gasteiger partial charge in [-0.1, -0.05) is 53.2 Å². The molecule has 3 aromatic rings. The molecule has 0 aliphatic heterocycles. The molecule has 0 spiro atoms. The Morgan fingerprint density at radius 3 is 2.62 bits per heavy atom. The molecule has 1 heterocycles. The first-order valence-corrected chi connectivity index (χ1v) is 8.01. The maximum absolute atomic E-state index is 5.69. The van der Waals surface area contributed by atoms with Crippen LogP contribution in [0, 0.1) is 0 Å². The molecule has 0 saturated carbocycles. The van der Waals surface area contributed by atoms with Crippen LogP contribution in [-0.4, -0.2) is 6.54 Å². The van der Waals surface area contributed by atoms with E-state index < -0.39 is 0 Å². The molecule has 1 N–H and O–H groups in total. The van der Waals surface area contributed by atoms with Crippen LogP contribution >= 0.6 is 15.9 Å². The lowest BCUT2D eigenvalue weighted by Gasteiger charge is -2.17. The van der Waals surface area contributed by atoms with Crippen LogP contribution in [0.4, 0.5) is 0 Å². The number of benzene rings is 2. The molecule has 1 atom stereocenters. The standard InChI is InChI=1S/C18H18BrNO/c1-2-20-17(11-13-7-9-14(19)10-8-13)16-12-21-18-6-4-3-5-15(16)18/h3-10,12,17,20H,2,11H2,1H3. The van der Waals surface area contributed by atoms with E-state index in [0.717, 1.165) is 23.0 Å². The molecule has 0 saturated heterocycles. The van der Waals surface area contributed by atoms with Gasteiger partial charge in [-0.05, 0) is 36.7 Å². The number of hydrogen-bond acceptors (Lipinski definition) is 2. The zero-order valence-corrected chi connectivity index (χ0v) is 13.6. The monoisotopic (exact) mass is 343 g/mol. The summed E-state index contributed by atoms with van der Waals surface area (Å²) in [6, 6.07) is 17.0. The van der Waals surface area contributed by atoms with Crippen molar-refractivity contribution in [3.8, 4) is 0 Å². The van der Waals surface area contributed by atoms with Crippen LogP contribution in [0.5, 0.6) is 0 Å². The Hall–Kier alpha value is -1.58. The normalized spacial score (nSPS) is 12.7. The molecule has 0 radical (unpaired) electrons. The Labute approximate surface area is 133 Å². The first-order valence-electron chi connectivity index (χ1n) is 7.22. The molecule has 0 aliphatic carbocycles. The lowest BCUT2D eigenvalue weighted by atomic mass is 9.98. The predicted molar refractivity (Wildman–Crippen MR) is 90.5 cm³/mol. The topological polar surface area (TPSA) is 25.2 Å². The number of halogens is 1. The smallest absolute Gasteiger partial charge is 0.134 e. The minimum atomic E-state index is 0.264. The molecule has 0 bridgehead atoms. The first kappa shape index (κ1) is 14.4. The van der Waals surface area contributed by atoms with Crippen molar-refractivity contribution in [1.29, 1.82) is 0 Å². The zero-order valence-electron chi connectivity index (χ0n) is 12.0. The largest absolute Gasteiger partial charge is 0.464 e. The van der Waals surface area contributed by atoms with E-state index in [0.29, 0.717) is 0 Å². The Kier molecular flexibility index (Phi) is 4.42. The molecule has 3 rings (SSSR count). The Morgan fingerprint density at radius 1 is 1.10 bits per heavy atom. The summed E-state index contributed by atoms with van der Waals surface area (Å²) in [7, 11) is 0. The fourth-order valence-corrected chi connectivity index (χ4v) is 2.93. The van der Waals surface area contributed by atoms with Gasteiger partial charge in [0.05, 0.1) is 6.26 Å². The SMILES string of the molecule is CCNC(Cc1ccc(Br)cc1)c1coc2ccccc12. The van der Waals surface area contributed by atoms with Gasteiger partial charge in [0.15, 0.2) is 0 Å². The summed E-state index contributed by atoms with van der Waals surface area (Å²) in [6.07, 6.45) is 2.83. The zero-order chi connectivity index (χ0) is 14.7. The maximum atomic E-state index is 5.69. The molecule has 108 valence electrons. The summed E-state index contributed by atoms with van der Waals surface area (Å²) in [6.45, 7) is 3.07. The van der Waals surface area contributed by atoms with E-state index in [1.807, 2.05) is 18.4 Å². The number of likely N-dealkylation sites (N-methyl/N-ethyl adjacent to an activating group) is 1. The van der Waals surface area contributed by atoms with Gasteiger partial charge < -0.3 is 9.73 Å². The molecule has 2 aromatic carbocycles. The third-order valence-electron chi connectivity index (χ3n) is 3.69. The van der Waals surface area contributed by atoms with Gasteiger partial charge in [-0.3, -0.25) is 0 Å². The van der Waals surface area contributed by atoms with Crippen molar-refractivity contribution in [2.45, 2.75) is 19.4 Å². The van der Waals surface area contributed by atoms with Crippen molar-refractivity contribution >= 4 is 26.9 Å². The van der Waals surface area contributed by atoms with Crippen molar-refractivity contribution < 1.29 is 4.42 Å². The summed E-state index contributed by atoms with van der Waals surface area (Å²) in [4.78, 5) is 0. The number of furan rings is 1. The number of nitrogens with one attached hydrogen (secondary N) is 1. The highest BCUT2D eigenvalue weighted by molar-refractivity contribution is 9.10. The van der Waals surface area contributed by atoms with Crippen molar-refractivity contribution in [3.63, 3.8) is 0 Å².